The Kier molecular flexibility index (Phi) is 7.87. The largest absolute Gasteiger partial charge is 0.435 e. The van der Waals surface area contributed by atoms with Crippen LogP contribution in [0.15, 0.2) is 88.3 Å². The molecule has 4 rings (SSSR count). The summed E-state index contributed by atoms with van der Waals surface area (Å²) in [7, 11) is 0. The molecule has 4 nitrogen and oxygen atoms in total. The van der Waals surface area contributed by atoms with E-state index in [1.54, 1.807) is 12.1 Å². The number of aryl methyl sites for hydroxylation is 3. The van der Waals surface area contributed by atoms with Crippen LogP contribution in [0.3, 0.4) is 0 Å². The first-order valence-corrected chi connectivity index (χ1v) is 12.2. The third-order valence-corrected chi connectivity index (χ3v) is 6.48. The zero-order valence-electron chi connectivity index (χ0n) is 19.9. The summed E-state index contributed by atoms with van der Waals surface area (Å²) in [5.41, 5.74) is 7.13. The number of alkyl halides is 2. The topological polar surface area (TPSA) is 38.9 Å². The van der Waals surface area contributed by atoms with Crippen LogP contribution in [0.4, 0.5) is 14.5 Å². The molecule has 4 aromatic rings. The zero-order chi connectivity index (χ0) is 24.8. The second-order valence-corrected chi connectivity index (χ2v) is 9.16. The van der Waals surface area contributed by atoms with Gasteiger partial charge in [0.25, 0.3) is 0 Å². The standard InChI is InChI=1S/C28H27F2N3OS/c1-19-9-14-24(17-20(19)2)31-28-33(32-21(3)10-11-22-7-5-4-6-8-22)26(18-35-28)23-12-15-25(16-13-23)34-27(29)30/h4-9,12-18,27H,10-11H2,1-3H3/b31-28?,32-21-. The van der Waals surface area contributed by atoms with Crippen LogP contribution in [0.1, 0.15) is 30.0 Å². The summed E-state index contributed by atoms with van der Waals surface area (Å²) in [6.07, 6.45) is 1.69. The minimum atomic E-state index is -2.85. The van der Waals surface area contributed by atoms with E-state index in [2.05, 4.69) is 42.8 Å². The molecule has 0 saturated carbocycles. The maximum absolute atomic E-state index is 12.6. The molecule has 1 aromatic heterocycles. The zero-order valence-corrected chi connectivity index (χ0v) is 20.7. The van der Waals surface area contributed by atoms with Crippen LogP contribution in [0, 0.1) is 13.8 Å². The fraction of sp³-hybridized carbons (Fsp3) is 0.214. The molecule has 0 saturated heterocycles. The SMILES string of the molecule is C/C(CCc1ccccc1)=N/n1c(-c2ccc(OC(F)F)cc2)csc1=Nc1ccc(C)c(C)c1. The van der Waals surface area contributed by atoms with Gasteiger partial charge >= 0.3 is 6.61 Å². The van der Waals surface area contributed by atoms with Gasteiger partial charge in [0, 0.05) is 16.7 Å². The van der Waals surface area contributed by atoms with E-state index in [1.807, 2.05) is 41.2 Å². The summed E-state index contributed by atoms with van der Waals surface area (Å²) in [5, 5.41) is 6.90. The molecule has 1 heterocycles. The first-order valence-electron chi connectivity index (χ1n) is 11.3. The number of hydrogen-bond acceptors (Lipinski definition) is 4. The van der Waals surface area contributed by atoms with Crippen molar-refractivity contribution in [2.45, 2.75) is 40.2 Å². The smallest absolute Gasteiger partial charge is 0.387 e. The maximum Gasteiger partial charge on any atom is 0.387 e. The Morgan fingerprint density at radius 1 is 0.971 bits per heavy atom. The summed E-state index contributed by atoms with van der Waals surface area (Å²) in [6.45, 7) is 3.30. The fourth-order valence-electron chi connectivity index (χ4n) is 3.58. The van der Waals surface area contributed by atoms with Gasteiger partial charge < -0.3 is 4.74 Å². The molecule has 0 spiro atoms. The molecule has 0 amide bonds. The number of aromatic nitrogens is 1. The summed E-state index contributed by atoms with van der Waals surface area (Å²) in [5.74, 6) is 0.119. The normalized spacial score (nSPS) is 12.4. The van der Waals surface area contributed by atoms with Gasteiger partial charge in [-0.3, -0.25) is 0 Å². The lowest BCUT2D eigenvalue weighted by Gasteiger charge is -2.08. The van der Waals surface area contributed by atoms with Crippen molar-refractivity contribution in [2.75, 3.05) is 0 Å². The van der Waals surface area contributed by atoms with Crippen molar-refractivity contribution < 1.29 is 13.5 Å². The number of nitrogens with zero attached hydrogens (tertiary/aromatic N) is 3. The Labute approximate surface area is 207 Å². The maximum atomic E-state index is 12.6. The lowest BCUT2D eigenvalue weighted by atomic mass is 10.1. The quantitative estimate of drug-likeness (QED) is 0.235. The molecular weight excluding hydrogens is 464 g/mol. The van der Waals surface area contributed by atoms with Gasteiger partial charge in [0.1, 0.15) is 5.75 Å². The molecule has 0 fully saturated rings. The van der Waals surface area contributed by atoms with Crippen molar-refractivity contribution in [3.8, 4) is 17.0 Å². The molecule has 0 N–H and O–H groups in total. The monoisotopic (exact) mass is 491 g/mol. The Balaban J connectivity index is 1.72. The van der Waals surface area contributed by atoms with E-state index in [4.69, 9.17) is 10.1 Å². The van der Waals surface area contributed by atoms with E-state index in [0.717, 1.165) is 40.3 Å². The van der Waals surface area contributed by atoms with Crippen molar-refractivity contribution in [1.29, 1.82) is 0 Å². The van der Waals surface area contributed by atoms with Gasteiger partial charge in [0.15, 0.2) is 0 Å². The summed E-state index contributed by atoms with van der Waals surface area (Å²) in [4.78, 5) is 5.60. The van der Waals surface area contributed by atoms with Crippen molar-refractivity contribution in [3.05, 3.63) is 99.7 Å². The minimum absolute atomic E-state index is 0.119. The van der Waals surface area contributed by atoms with Crippen LogP contribution in [0.5, 0.6) is 5.75 Å². The highest BCUT2D eigenvalue weighted by molar-refractivity contribution is 7.07. The highest BCUT2D eigenvalue weighted by atomic mass is 32.1. The lowest BCUT2D eigenvalue weighted by molar-refractivity contribution is -0.0498. The minimum Gasteiger partial charge on any atom is -0.435 e. The van der Waals surface area contributed by atoms with E-state index < -0.39 is 6.61 Å². The van der Waals surface area contributed by atoms with Crippen LogP contribution in [-0.2, 0) is 6.42 Å². The Hall–Kier alpha value is -3.58. The molecular formula is C28H27F2N3OS. The third-order valence-electron chi connectivity index (χ3n) is 5.66. The van der Waals surface area contributed by atoms with Gasteiger partial charge in [-0.15, -0.1) is 11.3 Å². The molecule has 0 radical (unpaired) electrons. The summed E-state index contributed by atoms with van der Waals surface area (Å²) in [6, 6.07) is 23.0. The van der Waals surface area contributed by atoms with Crippen molar-refractivity contribution in [3.63, 3.8) is 0 Å². The summed E-state index contributed by atoms with van der Waals surface area (Å²) < 4.78 is 31.4. The molecule has 0 atom stereocenters. The Bertz CT molecular complexity index is 1370. The number of hydrogen-bond donors (Lipinski definition) is 0. The van der Waals surface area contributed by atoms with E-state index in [0.29, 0.717) is 0 Å². The number of ether oxygens (including phenoxy) is 1. The number of benzene rings is 3. The van der Waals surface area contributed by atoms with Crippen molar-refractivity contribution >= 4 is 22.7 Å². The molecule has 0 aliphatic carbocycles. The average molecular weight is 492 g/mol. The highest BCUT2D eigenvalue weighted by Crippen LogP contribution is 2.25. The van der Waals surface area contributed by atoms with Crippen molar-refractivity contribution in [1.82, 2.24) is 4.68 Å². The lowest BCUT2D eigenvalue weighted by Crippen LogP contribution is -2.13. The fourth-order valence-corrected chi connectivity index (χ4v) is 4.43. The van der Waals surface area contributed by atoms with Gasteiger partial charge in [-0.05, 0) is 86.7 Å². The van der Waals surface area contributed by atoms with Gasteiger partial charge in [-0.25, -0.2) is 9.67 Å². The van der Waals surface area contributed by atoms with Crippen LogP contribution < -0.4 is 9.54 Å². The molecule has 180 valence electrons. The van der Waals surface area contributed by atoms with Crippen LogP contribution in [0.2, 0.25) is 0 Å². The number of thiazole rings is 1. The van der Waals surface area contributed by atoms with Gasteiger partial charge in [0.05, 0.1) is 11.4 Å². The third kappa shape index (κ3) is 6.51. The predicted octanol–water partition coefficient (Wildman–Crippen LogP) is 7.52. The number of rotatable bonds is 8. The van der Waals surface area contributed by atoms with E-state index >= 15 is 0 Å². The molecule has 0 bridgehead atoms. The Morgan fingerprint density at radius 2 is 1.71 bits per heavy atom. The van der Waals surface area contributed by atoms with E-state index in [1.165, 1.54) is 40.2 Å². The van der Waals surface area contributed by atoms with Crippen LogP contribution in [-0.4, -0.2) is 17.0 Å². The van der Waals surface area contributed by atoms with Gasteiger partial charge in [0.2, 0.25) is 4.80 Å². The van der Waals surface area contributed by atoms with Gasteiger partial charge in [-0.1, -0.05) is 36.4 Å². The second-order valence-electron chi connectivity index (χ2n) is 8.32. The number of halogens is 2. The molecule has 0 aliphatic rings. The van der Waals surface area contributed by atoms with E-state index in [9.17, 15) is 8.78 Å². The van der Waals surface area contributed by atoms with Crippen LogP contribution in [0.25, 0.3) is 11.3 Å². The highest BCUT2D eigenvalue weighted by Gasteiger charge is 2.11. The first-order chi connectivity index (χ1) is 16.9. The summed E-state index contributed by atoms with van der Waals surface area (Å²) >= 11 is 1.49. The van der Waals surface area contributed by atoms with Crippen LogP contribution >= 0.6 is 11.3 Å². The molecule has 7 heteroatoms. The predicted molar refractivity (Wildman–Crippen MR) is 139 cm³/mol. The van der Waals surface area contributed by atoms with E-state index in [-0.39, 0.29) is 5.75 Å². The average Bonchev–Trinajstić information content (AvgIpc) is 3.22. The second kappa shape index (κ2) is 11.2. The molecule has 0 unspecified atom stereocenters. The van der Waals surface area contributed by atoms with Gasteiger partial charge in [-0.2, -0.15) is 13.9 Å². The molecule has 35 heavy (non-hydrogen) atoms. The molecule has 3 aromatic carbocycles. The Morgan fingerprint density at radius 3 is 2.40 bits per heavy atom. The first kappa shape index (κ1) is 24.5. The molecule has 0 aliphatic heterocycles. The van der Waals surface area contributed by atoms with Crippen molar-refractivity contribution in [2.24, 2.45) is 10.1 Å².